The monoisotopic (exact) mass is 294 g/mol. The van der Waals surface area contributed by atoms with Crippen LogP contribution in [0.5, 0.6) is 0 Å². The zero-order valence-electron chi connectivity index (χ0n) is 10.4. The van der Waals surface area contributed by atoms with Gasteiger partial charge in [-0.05, 0) is 18.2 Å². The third-order valence-electron chi connectivity index (χ3n) is 2.42. The van der Waals surface area contributed by atoms with Crippen molar-refractivity contribution in [2.45, 2.75) is 0 Å². The number of nitrogens with one attached hydrogen (secondary N) is 2. The standard InChI is InChI=1S/C12H11ClN4O3/c1-17-6-8(5-14-17)16-12(20)15-7-2-3-9(11(18)19)10(13)4-7/h2-6H,1H3,(H,18,19)(H2,15,16,20). The van der Waals surface area contributed by atoms with E-state index in [-0.39, 0.29) is 10.6 Å². The van der Waals surface area contributed by atoms with Crippen LogP contribution in [0.25, 0.3) is 0 Å². The average molecular weight is 295 g/mol. The highest BCUT2D eigenvalue weighted by Crippen LogP contribution is 2.21. The molecule has 0 atom stereocenters. The van der Waals surface area contributed by atoms with Crippen molar-refractivity contribution in [1.29, 1.82) is 0 Å². The number of aromatic nitrogens is 2. The van der Waals surface area contributed by atoms with E-state index in [2.05, 4.69) is 15.7 Å². The SMILES string of the molecule is Cn1cc(NC(=O)Nc2ccc(C(=O)O)c(Cl)c2)cn1. The number of aryl methyl sites for hydroxylation is 1. The number of carbonyl (C=O) groups excluding carboxylic acids is 1. The third kappa shape index (κ3) is 3.27. The van der Waals surface area contributed by atoms with Crippen LogP contribution in [0.4, 0.5) is 16.2 Å². The maximum Gasteiger partial charge on any atom is 0.337 e. The van der Waals surface area contributed by atoms with Gasteiger partial charge in [-0.15, -0.1) is 0 Å². The smallest absolute Gasteiger partial charge is 0.337 e. The Morgan fingerprint density at radius 3 is 2.55 bits per heavy atom. The number of nitrogens with zero attached hydrogens (tertiary/aromatic N) is 2. The molecule has 1 heterocycles. The van der Waals surface area contributed by atoms with Crippen molar-refractivity contribution in [3.05, 3.63) is 41.2 Å². The first kappa shape index (κ1) is 13.9. The lowest BCUT2D eigenvalue weighted by Crippen LogP contribution is -2.19. The molecule has 2 rings (SSSR count). The molecule has 7 nitrogen and oxygen atoms in total. The van der Waals surface area contributed by atoms with Gasteiger partial charge in [0.1, 0.15) is 0 Å². The van der Waals surface area contributed by atoms with E-state index >= 15 is 0 Å². The number of aromatic carboxylic acids is 1. The maximum absolute atomic E-state index is 11.7. The molecule has 0 saturated heterocycles. The van der Waals surface area contributed by atoms with E-state index in [1.54, 1.807) is 17.9 Å². The predicted octanol–water partition coefficient (Wildman–Crippen LogP) is 2.42. The fraction of sp³-hybridized carbons (Fsp3) is 0.0833. The summed E-state index contributed by atoms with van der Waals surface area (Å²) in [6, 6.07) is 3.67. The van der Waals surface area contributed by atoms with Gasteiger partial charge in [0, 0.05) is 18.9 Å². The van der Waals surface area contributed by atoms with Crippen molar-refractivity contribution in [2.75, 3.05) is 10.6 Å². The lowest BCUT2D eigenvalue weighted by Gasteiger charge is -2.07. The van der Waals surface area contributed by atoms with Crippen LogP contribution >= 0.6 is 11.6 Å². The van der Waals surface area contributed by atoms with Crippen molar-refractivity contribution in [2.24, 2.45) is 7.05 Å². The molecule has 1 aromatic carbocycles. The van der Waals surface area contributed by atoms with E-state index in [0.29, 0.717) is 11.4 Å². The second-order valence-electron chi connectivity index (χ2n) is 3.98. The molecule has 0 unspecified atom stereocenters. The summed E-state index contributed by atoms with van der Waals surface area (Å²) in [6.07, 6.45) is 3.14. The lowest BCUT2D eigenvalue weighted by molar-refractivity contribution is 0.0697. The Kier molecular flexibility index (Phi) is 3.90. The van der Waals surface area contributed by atoms with Crippen molar-refractivity contribution in [3.8, 4) is 0 Å². The van der Waals surface area contributed by atoms with Gasteiger partial charge in [0.05, 0.1) is 22.5 Å². The van der Waals surface area contributed by atoms with E-state index in [9.17, 15) is 9.59 Å². The summed E-state index contributed by atoms with van der Waals surface area (Å²) in [6.45, 7) is 0. The third-order valence-corrected chi connectivity index (χ3v) is 2.73. The second kappa shape index (κ2) is 5.62. The molecule has 1 aromatic heterocycles. The maximum atomic E-state index is 11.7. The molecule has 0 fully saturated rings. The van der Waals surface area contributed by atoms with Crippen LogP contribution in [0.1, 0.15) is 10.4 Å². The number of carboxylic acid groups (broad SMARTS) is 1. The molecule has 20 heavy (non-hydrogen) atoms. The molecule has 2 aromatic rings. The van der Waals surface area contributed by atoms with Crippen LogP contribution in [0, 0.1) is 0 Å². The molecule has 0 aliphatic carbocycles. The summed E-state index contributed by atoms with van der Waals surface area (Å²) in [5.41, 5.74) is 0.907. The van der Waals surface area contributed by atoms with Crippen molar-refractivity contribution < 1.29 is 14.7 Å². The first-order valence-electron chi connectivity index (χ1n) is 5.55. The number of hydrogen-bond donors (Lipinski definition) is 3. The second-order valence-corrected chi connectivity index (χ2v) is 4.39. The Labute approximate surface area is 119 Å². The summed E-state index contributed by atoms with van der Waals surface area (Å²) in [7, 11) is 1.73. The van der Waals surface area contributed by atoms with Gasteiger partial charge in [-0.25, -0.2) is 9.59 Å². The summed E-state index contributed by atoms with van der Waals surface area (Å²) >= 11 is 5.81. The summed E-state index contributed by atoms with van der Waals surface area (Å²) < 4.78 is 1.55. The molecule has 0 saturated carbocycles. The quantitative estimate of drug-likeness (QED) is 0.810. The minimum absolute atomic E-state index is 0.0233. The number of benzene rings is 1. The van der Waals surface area contributed by atoms with E-state index in [0.717, 1.165) is 0 Å². The minimum atomic E-state index is -1.12. The fourth-order valence-corrected chi connectivity index (χ4v) is 1.81. The number of urea groups is 1. The molecule has 0 spiro atoms. The molecular weight excluding hydrogens is 284 g/mol. The molecule has 0 aliphatic heterocycles. The first-order chi connectivity index (χ1) is 9.45. The number of halogens is 1. The van der Waals surface area contributed by atoms with E-state index < -0.39 is 12.0 Å². The lowest BCUT2D eigenvalue weighted by atomic mass is 10.2. The van der Waals surface area contributed by atoms with Gasteiger partial charge in [0.25, 0.3) is 0 Å². The first-order valence-corrected chi connectivity index (χ1v) is 5.93. The van der Waals surface area contributed by atoms with Crippen LogP contribution in [0.15, 0.2) is 30.6 Å². The number of carboxylic acids is 1. The minimum Gasteiger partial charge on any atom is -0.478 e. The Hall–Kier alpha value is -2.54. The molecular formula is C12H11ClN4O3. The highest BCUT2D eigenvalue weighted by molar-refractivity contribution is 6.33. The van der Waals surface area contributed by atoms with Gasteiger partial charge in [-0.1, -0.05) is 11.6 Å². The Morgan fingerprint density at radius 2 is 2.00 bits per heavy atom. The van der Waals surface area contributed by atoms with Gasteiger partial charge >= 0.3 is 12.0 Å². The van der Waals surface area contributed by atoms with E-state index in [1.165, 1.54) is 24.4 Å². The highest BCUT2D eigenvalue weighted by atomic mass is 35.5. The van der Waals surface area contributed by atoms with Crippen LogP contribution in [0.3, 0.4) is 0 Å². The molecule has 8 heteroatoms. The van der Waals surface area contributed by atoms with Gasteiger partial charge in [-0.3, -0.25) is 4.68 Å². The number of carbonyl (C=O) groups is 2. The Bertz CT molecular complexity index is 668. The molecule has 0 bridgehead atoms. The average Bonchev–Trinajstić information content (AvgIpc) is 2.74. The van der Waals surface area contributed by atoms with Crippen LogP contribution in [-0.4, -0.2) is 26.9 Å². The number of amides is 2. The summed E-state index contributed by atoms with van der Waals surface area (Å²) in [5, 5.41) is 17.9. The molecule has 0 aliphatic rings. The summed E-state index contributed by atoms with van der Waals surface area (Å²) in [4.78, 5) is 22.5. The van der Waals surface area contributed by atoms with Crippen molar-refractivity contribution >= 4 is 35.0 Å². The van der Waals surface area contributed by atoms with Crippen LogP contribution < -0.4 is 10.6 Å². The number of anilines is 2. The molecule has 2 amide bonds. The zero-order chi connectivity index (χ0) is 14.7. The molecule has 104 valence electrons. The molecule has 0 radical (unpaired) electrons. The fourth-order valence-electron chi connectivity index (χ4n) is 1.55. The largest absolute Gasteiger partial charge is 0.478 e. The van der Waals surface area contributed by atoms with E-state index in [1.807, 2.05) is 0 Å². The highest BCUT2D eigenvalue weighted by Gasteiger charge is 2.10. The topological polar surface area (TPSA) is 96.2 Å². The van der Waals surface area contributed by atoms with Crippen LogP contribution in [0.2, 0.25) is 5.02 Å². The van der Waals surface area contributed by atoms with Gasteiger partial charge in [0.15, 0.2) is 0 Å². The predicted molar refractivity (Wildman–Crippen MR) is 74.3 cm³/mol. The van der Waals surface area contributed by atoms with Gasteiger partial charge in [-0.2, -0.15) is 5.10 Å². The Balaban J connectivity index is 2.04. The van der Waals surface area contributed by atoms with E-state index in [4.69, 9.17) is 16.7 Å². The summed E-state index contributed by atoms with van der Waals surface area (Å²) in [5.74, 6) is -1.12. The van der Waals surface area contributed by atoms with Crippen molar-refractivity contribution in [1.82, 2.24) is 9.78 Å². The zero-order valence-corrected chi connectivity index (χ0v) is 11.2. The van der Waals surface area contributed by atoms with Gasteiger partial charge < -0.3 is 15.7 Å². The van der Waals surface area contributed by atoms with Crippen molar-refractivity contribution in [3.63, 3.8) is 0 Å². The molecule has 3 N–H and O–H groups in total. The number of hydrogen-bond acceptors (Lipinski definition) is 3. The normalized spacial score (nSPS) is 10.1. The Morgan fingerprint density at radius 1 is 1.30 bits per heavy atom. The van der Waals surface area contributed by atoms with Gasteiger partial charge in [0.2, 0.25) is 0 Å². The van der Waals surface area contributed by atoms with Crippen LogP contribution in [-0.2, 0) is 7.05 Å². The number of rotatable bonds is 3.